The van der Waals surface area contributed by atoms with Gasteiger partial charge in [0.05, 0.1) is 13.2 Å². The molecule has 0 radical (unpaired) electrons. The van der Waals surface area contributed by atoms with Crippen LogP contribution in [0.4, 0.5) is 0 Å². The summed E-state index contributed by atoms with van der Waals surface area (Å²) in [5.41, 5.74) is 7.19. The van der Waals surface area contributed by atoms with Gasteiger partial charge in [-0.2, -0.15) is 0 Å². The zero-order chi connectivity index (χ0) is 15.1. The molecule has 4 nitrogen and oxygen atoms in total. The number of nitrogens with two attached hydrogens (primary N) is 1. The highest BCUT2D eigenvalue weighted by atomic mass is 79.9. The van der Waals surface area contributed by atoms with E-state index in [2.05, 4.69) is 15.9 Å². The number of hydrogen-bond donors (Lipinski definition) is 2. The smallest absolute Gasteiger partial charge is 0.122 e. The maximum absolute atomic E-state index is 7.31. The molecule has 0 spiro atoms. The molecule has 0 unspecified atom stereocenters. The monoisotopic (exact) mass is 348 g/mol. The Bertz CT molecular complexity index is 599. The van der Waals surface area contributed by atoms with E-state index < -0.39 is 0 Å². The lowest BCUT2D eigenvalue weighted by Crippen LogP contribution is -2.11. The van der Waals surface area contributed by atoms with E-state index in [1.54, 1.807) is 24.3 Å². The first-order valence-corrected chi connectivity index (χ1v) is 7.34. The van der Waals surface area contributed by atoms with E-state index in [-0.39, 0.29) is 5.84 Å². The van der Waals surface area contributed by atoms with Crippen molar-refractivity contribution in [1.82, 2.24) is 0 Å². The average Bonchev–Trinajstić information content (AvgIpc) is 2.49. The zero-order valence-electron chi connectivity index (χ0n) is 11.5. The Kier molecular flexibility index (Phi) is 5.78. The van der Waals surface area contributed by atoms with Crippen molar-refractivity contribution in [2.24, 2.45) is 5.73 Å². The van der Waals surface area contributed by atoms with Crippen LogP contribution in [-0.4, -0.2) is 19.0 Å². The molecule has 2 rings (SSSR count). The maximum atomic E-state index is 7.31. The number of nitrogen functional groups attached to an aromatic ring is 1. The summed E-state index contributed by atoms with van der Waals surface area (Å²) >= 11 is 3.48. The lowest BCUT2D eigenvalue weighted by atomic mass is 10.2. The summed E-state index contributed by atoms with van der Waals surface area (Å²) in [6.07, 6.45) is 0. The van der Waals surface area contributed by atoms with Crippen LogP contribution < -0.4 is 10.5 Å². The molecule has 0 bridgehead atoms. The van der Waals surface area contributed by atoms with Crippen molar-refractivity contribution in [2.45, 2.75) is 6.61 Å². The molecule has 0 amide bonds. The third-order valence-electron chi connectivity index (χ3n) is 2.88. The largest absolute Gasteiger partial charge is 0.491 e. The molecule has 21 heavy (non-hydrogen) atoms. The molecule has 110 valence electrons. The van der Waals surface area contributed by atoms with Gasteiger partial charge in [0.25, 0.3) is 0 Å². The molecule has 2 aromatic carbocycles. The quantitative estimate of drug-likeness (QED) is 0.458. The van der Waals surface area contributed by atoms with Crippen LogP contribution in [-0.2, 0) is 11.3 Å². The minimum Gasteiger partial charge on any atom is -0.491 e. The van der Waals surface area contributed by atoms with Gasteiger partial charge in [-0.1, -0.05) is 34.1 Å². The van der Waals surface area contributed by atoms with Crippen LogP contribution in [0.25, 0.3) is 0 Å². The molecule has 2 aromatic rings. The van der Waals surface area contributed by atoms with Crippen LogP contribution >= 0.6 is 15.9 Å². The third-order valence-corrected chi connectivity index (χ3v) is 3.65. The molecule has 0 aromatic heterocycles. The van der Waals surface area contributed by atoms with Crippen molar-refractivity contribution >= 4 is 21.8 Å². The Hall–Kier alpha value is -1.85. The molecule has 0 saturated carbocycles. The highest BCUT2D eigenvalue weighted by Gasteiger charge is 2.00. The second-order valence-corrected chi connectivity index (χ2v) is 5.28. The third kappa shape index (κ3) is 4.88. The Morgan fingerprint density at radius 1 is 1.05 bits per heavy atom. The molecule has 0 aliphatic heterocycles. The molecule has 0 aliphatic carbocycles. The molecule has 3 N–H and O–H groups in total. The van der Waals surface area contributed by atoms with Crippen molar-refractivity contribution in [3.63, 3.8) is 0 Å². The van der Waals surface area contributed by atoms with Crippen LogP contribution in [0, 0.1) is 5.41 Å². The van der Waals surface area contributed by atoms with Gasteiger partial charge in [-0.05, 0) is 35.9 Å². The number of halogens is 1. The number of nitrogens with one attached hydrogen (secondary N) is 1. The van der Waals surface area contributed by atoms with Crippen LogP contribution in [0.15, 0.2) is 53.0 Å². The van der Waals surface area contributed by atoms with Gasteiger partial charge in [0.15, 0.2) is 0 Å². The van der Waals surface area contributed by atoms with Gasteiger partial charge in [-0.25, -0.2) is 0 Å². The summed E-state index contributed by atoms with van der Waals surface area (Å²) in [7, 11) is 0. The lowest BCUT2D eigenvalue weighted by Gasteiger charge is -2.08. The second-order valence-electron chi connectivity index (χ2n) is 4.43. The molecule has 0 atom stereocenters. The first-order chi connectivity index (χ1) is 10.2. The summed E-state index contributed by atoms with van der Waals surface area (Å²) in [5, 5.41) is 7.31. The molecule has 0 aliphatic rings. The van der Waals surface area contributed by atoms with E-state index >= 15 is 0 Å². The van der Waals surface area contributed by atoms with E-state index in [1.165, 1.54) is 0 Å². The van der Waals surface area contributed by atoms with E-state index in [4.69, 9.17) is 20.6 Å². The highest BCUT2D eigenvalue weighted by Crippen LogP contribution is 2.16. The van der Waals surface area contributed by atoms with E-state index in [9.17, 15) is 0 Å². The predicted octanol–water partition coefficient (Wildman–Crippen LogP) is 3.33. The fourth-order valence-corrected chi connectivity index (χ4v) is 2.15. The number of rotatable bonds is 7. The van der Waals surface area contributed by atoms with E-state index in [0.717, 1.165) is 15.8 Å². The van der Waals surface area contributed by atoms with Crippen molar-refractivity contribution in [3.05, 3.63) is 64.1 Å². The van der Waals surface area contributed by atoms with Gasteiger partial charge in [0.1, 0.15) is 18.2 Å². The van der Waals surface area contributed by atoms with E-state index in [1.807, 2.05) is 24.3 Å². The standard InChI is InChI=1S/C16H17BrN2O2/c17-15-4-2-1-3-13(15)11-20-9-10-21-14-7-5-12(6-8-14)16(18)19/h1-8H,9-11H2,(H3,18,19). The first-order valence-electron chi connectivity index (χ1n) is 6.55. The fraction of sp³-hybridized carbons (Fsp3) is 0.188. The molecule has 0 saturated heterocycles. The van der Waals surface area contributed by atoms with Crippen LogP contribution in [0.1, 0.15) is 11.1 Å². The molecule has 5 heteroatoms. The van der Waals surface area contributed by atoms with Gasteiger partial charge >= 0.3 is 0 Å². The SMILES string of the molecule is N=C(N)c1ccc(OCCOCc2ccccc2Br)cc1. The summed E-state index contributed by atoms with van der Waals surface area (Å²) < 4.78 is 12.2. The average molecular weight is 349 g/mol. The molecule has 0 fully saturated rings. The topological polar surface area (TPSA) is 68.3 Å². The zero-order valence-corrected chi connectivity index (χ0v) is 13.1. The predicted molar refractivity (Wildman–Crippen MR) is 86.8 cm³/mol. The van der Waals surface area contributed by atoms with Gasteiger partial charge in [-0.15, -0.1) is 0 Å². The summed E-state index contributed by atoms with van der Waals surface area (Å²) in [5.74, 6) is 0.794. The Morgan fingerprint density at radius 3 is 2.43 bits per heavy atom. The molecule has 0 heterocycles. The normalized spacial score (nSPS) is 10.3. The fourth-order valence-electron chi connectivity index (χ4n) is 1.75. The Morgan fingerprint density at radius 2 is 1.76 bits per heavy atom. The first kappa shape index (κ1) is 15.5. The summed E-state index contributed by atoms with van der Waals surface area (Å²) in [4.78, 5) is 0. The number of amidine groups is 1. The Balaban J connectivity index is 1.70. The maximum Gasteiger partial charge on any atom is 0.122 e. The van der Waals surface area contributed by atoms with Crippen LogP contribution in [0.3, 0.4) is 0 Å². The lowest BCUT2D eigenvalue weighted by molar-refractivity contribution is 0.0886. The number of ether oxygens (including phenoxy) is 2. The van der Waals surface area contributed by atoms with E-state index in [0.29, 0.717) is 25.4 Å². The van der Waals surface area contributed by atoms with Gasteiger partial charge in [0.2, 0.25) is 0 Å². The number of hydrogen-bond acceptors (Lipinski definition) is 3. The molecular formula is C16H17BrN2O2. The van der Waals surface area contributed by atoms with Crippen molar-refractivity contribution < 1.29 is 9.47 Å². The summed E-state index contributed by atoms with van der Waals surface area (Å²) in [6.45, 7) is 1.54. The van der Waals surface area contributed by atoms with Crippen molar-refractivity contribution in [3.8, 4) is 5.75 Å². The van der Waals surface area contributed by atoms with Crippen LogP contribution in [0.2, 0.25) is 0 Å². The van der Waals surface area contributed by atoms with Gasteiger partial charge < -0.3 is 15.2 Å². The molecular weight excluding hydrogens is 332 g/mol. The second kappa shape index (κ2) is 7.81. The number of benzene rings is 2. The minimum atomic E-state index is 0.0540. The summed E-state index contributed by atoms with van der Waals surface area (Å²) in [6, 6.07) is 15.1. The van der Waals surface area contributed by atoms with Crippen molar-refractivity contribution in [2.75, 3.05) is 13.2 Å². The Labute approximate surface area is 132 Å². The van der Waals surface area contributed by atoms with Crippen LogP contribution in [0.5, 0.6) is 5.75 Å². The van der Waals surface area contributed by atoms with Crippen molar-refractivity contribution in [1.29, 1.82) is 5.41 Å². The highest BCUT2D eigenvalue weighted by molar-refractivity contribution is 9.10. The van der Waals surface area contributed by atoms with Gasteiger partial charge in [-0.3, -0.25) is 5.41 Å². The minimum absolute atomic E-state index is 0.0540. The van der Waals surface area contributed by atoms with Gasteiger partial charge in [0, 0.05) is 10.0 Å².